The highest BCUT2D eigenvalue weighted by Gasteiger charge is 2.41. The molecule has 22 heavy (non-hydrogen) atoms. The highest BCUT2D eigenvalue weighted by Crippen LogP contribution is 2.29. The normalized spacial score (nSPS) is 28.6. The standard InChI is InChI=1S/C13H23BN2O6/c17-12(11-8-22-5-4-15-11)16-6-9(2-1-3-14(20)21)10(7-16)13(18)19/h9-11,15,20-21H,1-8H2,(H,18,19)/t9-,10+,11?/m0/s1. The van der Waals surface area contributed by atoms with Gasteiger partial charge in [-0.1, -0.05) is 6.42 Å². The number of hydrogen-bond acceptors (Lipinski definition) is 6. The minimum absolute atomic E-state index is 0.115. The van der Waals surface area contributed by atoms with E-state index in [1.807, 2.05) is 0 Å². The van der Waals surface area contributed by atoms with Crippen molar-refractivity contribution in [2.75, 3.05) is 32.8 Å². The van der Waals surface area contributed by atoms with Gasteiger partial charge in [0.1, 0.15) is 6.04 Å². The molecule has 2 heterocycles. The molecule has 0 bridgehead atoms. The van der Waals surface area contributed by atoms with Crippen molar-refractivity contribution in [1.82, 2.24) is 10.2 Å². The van der Waals surface area contributed by atoms with E-state index in [1.165, 1.54) is 0 Å². The lowest BCUT2D eigenvalue weighted by Crippen LogP contribution is -2.52. The van der Waals surface area contributed by atoms with Crippen LogP contribution in [-0.2, 0) is 14.3 Å². The zero-order valence-corrected chi connectivity index (χ0v) is 12.5. The molecule has 0 aromatic rings. The topological polar surface area (TPSA) is 119 Å². The summed E-state index contributed by atoms with van der Waals surface area (Å²) in [5, 5.41) is 30.1. The van der Waals surface area contributed by atoms with Gasteiger partial charge in [0, 0.05) is 19.6 Å². The van der Waals surface area contributed by atoms with Crippen LogP contribution < -0.4 is 5.32 Å². The van der Waals surface area contributed by atoms with E-state index >= 15 is 0 Å². The second kappa shape index (κ2) is 7.91. The molecule has 124 valence electrons. The van der Waals surface area contributed by atoms with Crippen LogP contribution in [0.15, 0.2) is 0 Å². The summed E-state index contributed by atoms with van der Waals surface area (Å²) in [6, 6.07) is -0.402. The molecule has 3 atom stereocenters. The fourth-order valence-electron chi connectivity index (χ4n) is 3.13. The summed E-state index contributed by atoms with van der Waals surface area (Å²) < 4.78 is 5.27. The first-order chi connectivity index (χ1) is 10.5. The maximum atomic E-state index is 12.4. The lowest BCUT2D eigenvalue weighted by Gasteiger charge is -2.27. The smallest absolute Gasteiger partial charge is 0.451 e. The van der Waals surface area contributed by atoms with Crippen LogP contribution in [0.4, 0.5) is 0 Å². The minimum Gasteiger partial charge on any atom is -0.481 e. The summed E-state index contributed by atoms with van der Waals surface area (Å²) in [4.78, 5) is 25.4. The van der Waals surface area contributed by atoms with Crippen LogP contribution in [0.25, 0.3) is 0 Å². The molecule has 4 N–H and O–H groups in total. The Hall–Kier alpha value is -1.16. The first kappa shape index (κ1) is 17.2. The number of nitrogens with one attached hydrogen (secondary N) is 1. The van der Waals surface area contributed by atoms with Crippen molar-refractivity contribution in [3.63, 3.8) is 0 Å². The number of likely N-dealkylation sites (tertiary alicyclic amines) is 1. The van der Waals surface area contributed by atoms with Gasteiger partial charge in [-0.3, -0.25) is 9.59 Å². The number of morpholine rings is 1. The first-order valence-corrected chi connectivity index (χ1v) is 7.68. The molecule has 2 rings (SSSR count). The summed E-state index contributed by atoms with van der Waals surface area (Å²) in [5.74, 6) is -1.76. The van der Waals surface area contributed by atoms with Gasteiger partial charge in [0.15, 0.2) is 0 Å². The second-order valence-corrected chi connectivity index (χ2v) is 5.94. The van der Waals surface area contributed by atoms with Gasteiger partial charge in [-0.15, -0.1) is 0 Å². The SMILES string of the molecule is O=C(O)[C@@H]1CN(C(=O)C2COCCN2)C[C@@H]1CCCB(O)O. The van der Waals surface area contributed by atoms with E-state index in [0.717, 1.165) is 0 Å². The average Bonchev–Trinajstić information content (AvgIpc) is 2.91. The Morgan fingerprint density at radius 3 is 2.68 bits per heavy atom. The van der Waals surface area contributed by atoms with Gasteiger partial charge in [-0.2, -0.15) is 0 Å². The van der Waals surface area contributed by atoms with Crippen molar-refractivity contribution < 1.29 is 29.5 Å². The van der Waals surface area contributed by atoms with E-state index in [4.69, 9.17) is 14.8 Å². The molecule has 0 aromatic heterocycles. The Morgan fingerprint density at radius 2 is 2.09 bits per heavy atom. The summed E-state index contributed by atoms with van der Waals surface area (Å²) in [6.07, 6.45) is 1.31. The maximum Gasteiger partial charge on any atom is 0.451 e. The number of carboxylic acids is 1. The molecule has 8 nitrogen and oxygen atoms in total. The highest BCUT2D eigenvalue weighted by atomic mass is 16.5. The van der Waals surface area contributed by atoms with Gasteiger partial charge in [-0.05, 0) is 18.7 Å². The molecule has 2 saturated heterocycles. The van der Waals surface area contributed by atoms with Gasteiger partial charge >= 0.3 is 13.1 Å². The van der Waals surface area contributed by atoms with E-state index in [9.17, 15) is 14.7 Å². The largest absolute Gasteiger partial charge is 0.481 e. The third-order valence-corrected chi connectivity index (χ3v) is 4.33. The molecular formula is C13H23BN2O6. The minimum atomic E-state index is -1.37. The lowest BCUT2D eigenvalue weighted by molar-refractivity contribution is -0.142. The second-order valence-electron chi connectivity index (χ2n) is 5.94. The number of carbonyl (C=O) groups is 2. The summed E-state index contributed by atoms with van der Waals surface area (Å²) in [7, 11) is -1.37. The van der Waals surface area contributed by atoms with Crippen molar-refractivity contribution in [2.24, 2.45) is 11.8 Å². The number of ether oxygens (including phenoxy) is 1. The quantitative estimate of drug-likeness (QED) is 0.435. The Labute approximate surface area is 129 Å². The van der Waals surface area contributed by atoms with Crippen LogP contribution in [0.1, 0.15) is 12.8 Å². The Kier molecular flexibility index (Phi) is 6.19. The molecule has 0 spiro atoms. The number of nitrogens with zero attached hydrogens (tertiary/aromatic N) is 1. The van der Waals surface area contributed by atoms with E-state index < -0.39 is 25.0 Å². The average molecular weight is 314 g/mol. The predicted molar refractivity (Wildman–Crippen MR) is 78.0 cm³/mol. The molecular weight excluding hydrogens is 291 g/mol. The van der Waals surface area contributed by atoms with E-state index in [2.05, 4.69) is 5.32 Å². The monoisotopic (exact) mass is 314 g/mol. The Balaban J connectivity index is 1.91. The van der Waals surface area contributed by atoms with Crippen LogP contribution in [-0.4, -0.2) is 77.9 Å². The van der Waals surface area contributed by atoms with Crippen LogP contribution in [0.2, 0.25) is 6.32 Å². The van der Waals surface area contributed by atoms with Crippen molar-refractivity contribution >= 4 is 19.0 Å². The van der Waals surface area contributed by atoms with E-state index in [1.54, 1.807) is 4.90 Å². The predicted octanol–water partition coefficient (Wildman–Crippen LogP) is -1.61. The van der Waals surface area contributed by atoms with Crippen molar-refractivity contribution in [3.8, 4) is 0 Å². The fourth-order valence-corrected chi connectivity index (χ4v) is 3.13. The Morgan fingerprint density at radius 1 is 1.32 bits per heavy atom. The highest BCUT2D eigenvalue weighted by molar-refractivity contribution is 6.40. The zero-order valence-electron chi connectivity index (χ0n) is 12.5. The van der Waals surface area contributed by atoms with Crippen LogP contribution in [0.5, 0.6) is 0 Å². The number of rotatable bonds is 6. The third kappa shape index (κ3) is 4.42. The number of amides is 1. The van der Waals surface area contributed by atoms with Crippen LogP contribution in [0, 0.1) is 11.8 Å². The third-order valence-electron chi connectivity index (χ3n) is 4.33. The molecule has 2 aliphatic rings. The molecule has 1 amide bonds. The van der Waals surface area contributed by atoms with Crippen molar-refractivity contribution in [3.05, 3.63) is 0 Å². The molecule has 2 fully saturated rings. The van der Waals surface area contributed by atoms with Gasteiger partial charge in [0.2, 0.25) is 5.91 Å². The summed E-state index contributed by atoms with van der Waals surface area (Å²) in [5.41, 5.74) is 0. The van der Waals surface area contributed by atoms with Gasteiger partial charge in [-0.25, -0.2) is 0 Å². The van der Waals surface area contributed by atoms with Crippen LogP contribution >= 0.6 is 0 Å². The molecule has 9 heteroatoms. The molecule has 2 aliphatic heterocycles. The molecule has 1 unspecified atom stereocenters. The number of carbonyl (C=O) groups excluding carboxylic acids is 1. The molecule has 0 saturated carbocycles. The maximum absolute atomic E-state index is 12.4. The van der Waals surface area contributed by atoms with Gasteiger partial charge < -0.3 is 30.1 Å². The summed E-state index contributed by atoms with van der Waals surface area (Å²) in [6.45, 7) is 2.11. The van der Waals surface area contributed by atoms with Crippen molar-refractivity contribution in [2.45, 2.75) is 25.2 Å². The fraction of sp³-hybridized carbons (Fsp3) is 0.846. The molecule has 0 aliphatic carbocycles. The van der Waals surface area contributed by atoms with Gasteiger partial charge in [0.05, 0.1) is 19.1 Å². The molecule has 0 aromatic carbocycles. The van der Waals surface area contributed by atoms with Crippen molar-refractivity contribution in [1.29, 1.82) is 0 Å². The lowest BCUT2D eigenvalue weighted by atomic mass is 9.80. The molecule has 0 radical (unpaired) electrons. The van der Waals surface area contributed by atoms with E-state index in [0.29, 0.717) is 39.1 Å². The zero-order chi connectivity index (χ0) is 16.1. The number of carboxylic acid groups (broad SMARTS) is 1. The first-order valence-electron chi connectivity index (χ1n) is 7.68. The van der Waals surface area contributed by atoms with Crippen LogP contribution in [0.3, 0.4) is 0 Å². The Bertz CT molecular complexity index is 402. The summed E-state index contributed by atoms with van der Waals surface area (Å²) >= 11 is 0. The number of aliphatic carboxylic acids is 1. The number of hydrogen-bond donors (Lipinski definition) is 4. The van der Waals surface area contributed by atoms with E-state index in [-0.39, 0.29) is 24.7 Å². The van der Waals surface area contributed by atoms with Gasteiger partial charge in [0.25, 0.3) is 0 Å².